The van der Waals surface area contributed by atoms with Crippen molar-refractivity contribution in [1.82, 2.24) is 4.98 Å². The fourth-order valence-corrected chi connectivity index (χ4v) is 3.96. The Morgan fingerprint density at radius 3 is 2.41 bits per heavy atom. The van der Waals surface area contributed by atoms with Gasteiger partial charge < -0.3 is 10.4 Å². The summed E-state index contributed by atoms with van der Waals surface area (Å²) < 4.78 is 65.1. The maximum atomic E-state index is 12.9. The molecule has 1 amide bonds. The quantitative estimate of drug-likeness (QED) is 0.702. The van der Waals surface area contributed by atoms with Crippen molar-refractivity contribution in [2.75, 3.05) is 16.2 Å². The minimum absolute atomic E-state index is 0.0594. The molecule has 1 aromatic heterocycles. The largest absolute Gasteiger partial charge is 0.426 e. The predicted molar refractivity (Wildman–Crippen MR) is 101 cm³/mol. The van der Waals surface area contributed by atoms with Gasteiger partial charge in [0.15, 0.2) is 0 Å². The Kier molecular flexibility index (Phi) is 6.45. The molecular weight excluding hydrogens is 435 g/mol. The molecule has 0 radical (unpaired) electrons. The summed E-state index contributed by atoms with van der Waals surface area (Å²) >= 11 is 5.96. The Labute approximate surface area is 170 Å². The van der Waals surface area contributed by atoms with Gasteiger partial charge in [0.05, 0.1) is 15.6 Å². The Morgan fingerprint density at radius 1 is 1.28 bits per heavy atom. The predicted octanol–water partition coefficient (Wildman–Crippen LogP) is 3.20. The van der Waals surface area contributed by atoms with Crippen molar-refractivity contribution in [2.45, 2.75) is 30.5 Å². The van der Waals surface area contributed by atoms with Crippen molar-refractivity contribution in [1.29, 1.82) is 0 Å². The highest BCUT2D eigenvalue weighted by Gasteiger charge is 2.55. The van der Waals surface area contributed by atoms with Crippen LogP contribution < -0.4 is 9.62 Å². The summed E-state index contributed by atoms with van der Waals surface area (Å²) in [7, 11) is -4.08. The molecule has 1 heterocycles. The van der Waals surface area contributed by atoms with Gasteiger partial charge in [0.25, 0.3) is 15.9 Å². The first kappa shape index (κ1) is 22.9. The lowest BCUT2D eigenvalue weighted by Gasteiger charge is -2.25. The molecule has 7 nitrogen and oxygen atoms in total. The van der Waals surface area contributed by atoms with E-state index >= 15 is 0 Å². The molecule has 29 heavy (non-hydrogen) atoms. The van der Waals surface area contributed by atoms with E-state index in [-0.39, 0.29) is 28.0 Å². The fourth-order valence-electron chi connectivity index (χ4n) is 2.21. The summed E-state index contributed by atoms with van der Waals surface area (Å²) in [6, 6.07) is 7.82. The number of carbonyl (C=O) groups is 1. The van der Waals surface area contributed by atoms with Crippen LogP contribution in [0, 0.1) is 0 Å². The number of benzene rings is 1. The number of anilines is 2. The normalized spacial score (nSPS) is 14.2. The maximum Gasteiger partial charge on any atom is 0.426 e. The zero-order valence-corrected chi connectivity index (χ0v) is 16.8. The van der Waals surface area contributed by atoms with Crippen LogP contribution in [0.4, 0.5) is 24.7 Å². The lowest BCUT2D eigenvalue weighted by atomic mass is 10.1. The molecule has 2 rings (SSSR count). The van der Waals surface area contributed by atoms with Crippen molar-refractivity contribution in [3.63, 3.8) is 0 Å². The number of carbonyl (C=O) groups excluding carboxylic acids is 1. The van der Waals surface area contributed by atoms with Crippen molar-refractivity contribution in [3.8, 4) is 0 Å². The number of pyridine rings is 1. The Balaban J connectivity index is 2.35. The second-order valence-electron chi connectivity index (χ2n) is 6.02. The second kappa shape index (κ2) is 8.17. The zero-order valence-electron chi connectivity index (χ0n) is 15.2. The van der Waals surface area contributed by atoms with E-state index in [0.29, 0.717) is 6.92 Å². The molecule has 2 aromatic rings. The third-order valence-corrected chi connectivity index (χ3v) is 6.15. The molecule has 158 valence electrons. The van der Waals surface area contributed by atoms with Gasteiger partial charge in [-0.05, 0) is 44.2 Å². The molecule has 0 saturated carbocycles. The first-order valence-electron chi connectivity index (χ1n) is 8.16. The standard InChI is InChI=1S/C17H17ClF3N3O4S/c1-3-24(14-6-4-5-9-22-14)29(27,28)11-7-8-13(12(18)10-11)23-15(25)16(2,26)17(19,20)21/h4-10,26H,3H2,1-2H3,(H,23,25)/t16-/m1/s1. The minimum Gasteiger partial charge on any atom is -0.373 e. The number of aliphatic hydroxyl groups is 1. The van der Waals surface area contributed by atoms with Crippen LogP contribution in [-0.4, -0.2) is 42.7 Å². The zero-order chi connectivity index (χ0) is 22.0. The number of amides is 1. The van der Waals surface area contributed by atoms with E-state index < -0.39 is 27.7 Å². The molecule has 0 aliphatic rings. The van der Waals surface area contributed by atoms with Crippen LogP contribution in [0.2, 0.25) is 5.02 Å². The fraction of sp³-hybridized carbons (Fsp3) is 0.294. The summed E-state index contributed by atoms with van der Waals surface area (Å²) in [6.07, 6.45) is -3.79. The van der Waals surface area contributed by atoms with Crippen molar-refractivity contribution in [2.24, 2.45) is 0 Å². The van der Waals surface area contributed by atoms with Gasteiger partial charge >= 0.3 is 6.18 Å². The molecule has 2 N–H and O–H groups in total. The van der Waals surface area contributed by atoms with E-state index in [2.05, 4.69) is 4.98 Å². The molecule has 0 fully saturated rings. The van der Waals surface area contributed by atoms with Crippen LogP contribution in [0.3, 0.4) is 0 Å². The minimum atomic E-state index is -5.21. The number of nitrogens with zero attached hydrogens (tertiary/aromatic N) is 2. The lowest BCUT2D eigenvalue weighted by Crippen LogP contribution is -2.52. The SMILES string of the molecule is CCN(c1ccccn1)S(=O)(=O)c1ccc(NC(=O)[C@@](C)(O)C(F)(F)F)c(Cl)c1. The lowest BCUT2D eigenvalue weighted by molar-refractivity contribution is -0.242. The Bertz CT molecular complexity index is 999. The number of sulfonamides is 1. The van der Waals surface area contributed by atoms with E-state index in [0.717, 1.165) is 22.5 Å². The molecule has 0 bridgehead atoms. The number of nitrogens with one attached hydrogen (secondary N) is 1. The first-order valence-corrected chi connectivity index (χ1v) is 9.98. The second-order valence-corrected chi connectivity index (χ2v) is 8.29. The van der Waals surface area contributed by atoms with Crippen LogP contribution in [0.5, 0.6) is 0 Å². The van der Waals surface area contributed by atoms with Crippen molar-refractivity contribution < 1.29 is 31.5 Å². The molecule has 12 heteroatoms. The van der Waals surface area contributed by atoms with Gasteiger partial charge in [-0.15, -0.1) is 0 Å². The summed E-state index contributed by atoms with van der Waals surface area (Å²) in [5.41, 5.74) is -3.94. The highest BCUT2D eigenvalue weighted by molar-refractivity contribution is 7.92. The van der Waals surface area contributed by atoms with Crippen molar-refractivity contribution >= 4 is 39.0 Å². The van der Waals surface area contributed by atoms with Crippen LogP contribution >= 0.6 is 11.6 Å². The van der Waals surface area contributed by atoms with E-state index in [1.54, 1.807) is 19.1 Å². The molecular formula is C17H17ClF3N3O4S. The van der Waals surface area contributed by atoms with Crippen LogP contribution in [-0.2, 0) is 14.8 Å². The van der Waals surface area contributed by atoms with Gasteiger partial charge in [0.1, 0.15) is 5.82 Å². The van der Waals surface area contributed by atoms with Crippen molar-refractivity contribution in [3.05, 3.63) is 47.6 Å². The van der Waals surface area contributed by atoms with Crippen LogP contribution in [0.15, 0.2) is 47.5 Å². The monoisotopic (exact) mass is 451 g/mol. The number of aromatic nitrogens is 1. The number of hydrogen-bond donors (Lipinski definition) is 2. The van der Waals surface area contributed by atoms with E-state index in [1.807, 2.05) is 5.32 Å². The summed E-state index contributed by atoms with van der Waals surface area (Å²) in [4.78, 5) is 15.5. The smallest absolute Gasteiger partial charge is 0.373 e. The Morgan fingerprint density at radius 2 is 1.93 bits per heavy atom. The summed E-state index contributed by atoms with van der Waals surface area (Å²) in [5.74, 6) is -1.59. The number of rotatable bonds is 6. The number of alkyl halides is 3. The first-order chi connectivity index (χ1) is 13.3. The molecule has 1 aromatic carbocycles. The average molecular weight is 452 g/mol. The molecule has 1 atom stereocenters. The van der Waals surface area contributed by atoms with E-state index in [9.17, 15) is 31.5 Å². The average Bonchev–Trinajstić information content (AvgIpc) is 2.63. The van der Waals surface area contributed by atoms with Gasteiger partial charge in [-0.25, -0.2) is 13.4 Å². The molecule has 0 spiro atoms. The van der Waals surface area contributed by atoms with E-state index in [4.69, 9.17) is 11.6 Å². The third-order valence-electron chi connectivity index (χ3n) is 3.96. The molecule has 0 aliphatic carbocycles. The molecule has 0 aliphatic heterocycles. The van der Waals surface area contributed by atoms with Gasteiger partial charge in [-0.2, -0.15) is 13.2 Å². The summed E-state index contributed by atoms with van der Waals surface area (Å²) in [5, 5.41) is 10.9. The third kappa shape index (κ3) is 4.62. The number of halogens is 4. The summed E-state index contributed by atoms with van der Waals surface area (Å²) in [6.45, 7) is 1.95. The molecule has 0 unspecified atom stereocenters. The highest BCUT2D eigenvalue weighted by Crippen LogP contribution is 2.33. The maximum absolute atomic E-state index is 12.9. The topological polar surface area (TPSA) is 99.6 Å². The Hall–Kier alpha value is -2.37. The van der Waals surface area contributed by atoms with Gasteiger partial charge in [-0.3, -0.25) is 9.10 Å². The van der Waals surface area contributed by atoms with Gasteiger partial charge in [0.2, 0.25) is 5.60 Å². The van der Waals surface area contributed by atoms with Crippen LogP contribution in [0.1, 0.15) is 13.8 Å². The van der Waals surface area contributed by atoms with Gasteiger partial charge in [-0.1, -0.05) is 17.7 Å². The highest BCUT2D eigenvalue weighted by atomic mass is 35.5. The van der Waals surface area contributed by atoms with Crippen LogP contribution in [0.25, 0.3) is 0 Å². The molecule has 0 saturated heterocycles. The number of hydrogen-bond acceptors (Lipinski definition) is 5. The van der Waals surface area contributed by atoms with Gasteiger partial charge in [0, 0.05) is 12.7 Å². The van der Waals surface area contributed by atoms with E-state index in [1.165, 1.54) is 12.3 Å².